The van der Waals surface area contributed by atoms with Gasteiger partial charge in [0.2, 0.25) is 5.91 Å². The molecule has 0 saturated heterocycles. The van der Waals surface area contributed by atoms with Gasteiger partial charge in [0.1, 0.15) is 5.83 Å². The summed E-state index contributed by atoms with van der Waals surface area (Å²) >= 11 is 0. The Morgan fingerprint density at radius 1 is 1.13 bits per heavy atom. The summed E-state index contributed by atoms with van der Waals surface area (Å²) in [5, 5.41) is 11.2. The molecule has 2 unspecified atom stereocenters. The van der Waals surface area contributed by atoms with Gasteiger partial charge in [0, 0.05) is 35.8 Å². The average Bonchev–Trinajstić information content (AvgIpc) is 2.93. The van der Waals surface area contributed by atoms with Crippen molar-refractivity contribution in [1.82, 2.24) is 16.0 Å². The zero-order valence-corrected chi connectivity index (χ0v) is 23.4. The third-order valence-electron chi connectivity index (χ3n) is 5.97. The molecule has 4 N–H and O–H groups in total. The van der Waals surface area contributed by atoms with Gasteiger partial charge < -0.3 is 21.3 Å². The molecule has 0 heterocycles. The molecule has 2 amide bonds. The van der Waals surface area contributed by atoms with Gasteiger partial charge in [-0.15, -0.1) is 0 Å². The Balaban J connectivity index is 2.26. The van der Waals surface area contributed by atoms with E-state index >= 15 is 0 Å². The van der Waals surface area contributed by atoms with Crippen molar-refractivity contribution in [2.45, 2.75) is 53.3 Å². The molecule has 0 saturated carbocycles. The molecule has 0 bridgehead atoms. The Hall–Kier alpha value is -3.92. The Kier molecular flexibility index (Phi) is 12.4. The molecule has 0 aromatic heterocycles. The fraction of sp³-hybridized carbons (Fsp3) is 0.379. The van der Waals surface area contributed by atoms with Crippen molar-refractivity contribution >= 4 is 29.0 Å². The molecule has 1 aromatic rings. The van der Waals surface area contributed by atoms with Gasteiger partial charge in [0.15, 0.2) is 12.0 Å². The number of rotatable bonds is 11. The van der Waals surface area contributed by atoms with Crippen molar-refractivity contribution in [2.75, 3.05) is 25.5 Å². The van der Waals surface area contributed by atoms with Crippen molar-refractivity contribution in [1.29, 1.82) is 0 Å². The Bertz CT molecular complexity index is 1230. The Morgan fingerprint density at radius 3 is 2.51 bits per heavy atom. The number of allylic oxidation sites excluding steroid dienone is 4. The van der Waals surface area contributed by atoms with E-state index in [1.807, 2.05) is 26.8 Å². The minimum Gasteiger partial charge on any atom is -0.355 e. The molecule has 0 radical (unpaired) electrons. The number of nitrogens with one attached hydrogen (secondary N) is 4. The lowest BCUT2D eigenvalue weighted by Crippen LogP contribution is -2.37. The van der Waals surface area contributed by atoms with Crippen LogP contribution in [0.15, 0.2) is 75.8 Å². The maximum absolute atomic E-state index is 14.6. The second-order valence-electron chi connectivity index (χ2n) is 8.81. The fourth-order valence-corrected chi connectivity index (χ4v) is 3.77. The van der Waals surface area contributed by atoms with Crippen LogP contribution in [0.4, 0.5) is 14.5 Å². The van der Waals surface area contributed by atoms with Gasteiger partial charge in [0.05, 0.1) is 18.3 Å². The van der Waals surface area contributed by atoms with E-state index in [4.69, 9.17) is 0 Å². The van der Waals surface area contributed by atoms with E-state index in [1.54, 1.807) is 57.5 Å². The van der Waals surface area contributed by atoms with E-state index in [2.05, 4.69) is 31.3 Å². The number of benzene rings is 1. The largest absolute Gasteiger partial charge is 0.355 e. The summed E-state index contributed by atoms with van der Waals surface area (Å²) in [5.41, 5.74) is 3.11. The van der Waals surface area contributed by atoms with E-state index in [-0.39, 0.29) is 23.9 Å². The lowest BCUT2D eigenvalue weighted by atomic mass is 9.96. The van der Waals surface area contributed by atoms with E-state index in [9.17, 15) is 18.4 Å². The normalized spacial score (nSPS) is 18.5. The first kappa shape index (κ1) is 31.3. The molecule has 210 valence electrons. The molecule has 2 rings (SSSR count). The lowest BCUT2D eigenvalue weighted by Gasteiger charge is -2.21. The van der Waals surface area contributed by atoms with Gasteiger partial charge in [-0.1, -0.05) is 25.2 Å². The Morgan fingerprint density at radius 2 is 1.87 bits per heavy atom. The van der Waals surface area contributed by atoms with Gasteiger partial charge in [-0.05, 0) is 70.5 Å². The predicted molar refractivity (Wildman–Crippen MR) is 155 cm³/mol. The van der Waals surface area contributed by atoms with E-state index in [1.165, 1.54) is 6.20 Å². The van der Waals surface area contributed by atoms with Crippen molar-refractivity contribution in [3.63, 3.8) is 0 Å². The summed E-state index contributed by atoms with van der Waals surface area (Å²) < 4.78 is 28.9. The number of anilines is 1. The SMILES string of the molecule is C\C=C/N=C(Nc1ccc(C(=O)NCC(=O)NCC)c(CC)c1)\C(C)=N\C=C(/C)C1=C(F)C(F)C(NC)C=C1. The summed E-state index contributed by atoms with van der Waals surface area (Å²) in [7, 11) is 1.58. The molecule has 0 aliphatic heterocycles. The minimum atomic E-state index is -1.76. The van der Waals surface area contributed by atoms with Gasteiger partial charge in [-0.2, -0.15) is 0 Å². The number of amides is 2. The molecule has 8 nitrogen and oxygen atoms in total. The van der Waals surface area contributed by atoms with Crippen LogP contribution in [0, 0.1) is 0 Å². The molecule has 10 heteroatoms. The smallest absolute Gasteiger partial charge is 0.251 e. The van der Waals surface area contributed by atoms with Crippen LogP contribution in [0.3, 0.4) is 0 Å². The van der Waals surface area contributed by atoms with Crippen LogP contribution in [-0.4, -0.2) is 55.7 Å². The number of carbonyl (C=O) groups is 2. The second kappa shape index (κ2) is 15.5. The van der Waals surface area contributed by atoms with E-state index in [0.29, 0.717) is 41.3 Å². The van der Waals surface area contributed by atoms with E-state index < -0.39 is 18.0 Å². The van der Waals surface area contributed by atoms with Gasteiger partial charge in [-0.25, -0.2) is 13.8 Å². The van der Waals surface area contributed by atoms with Crippen LogP contribution in [0.2, 0.25) is 0 Å². The standard InChI is InChI=1S/C29H38F2N6O2/c1-7-14-34-28(19(5)35-16-18(4)22-12-13-24(32-6)27(31)26(22)30)37-21-10-11-23(20(8-2)15-21)29(39)36-17-25(38)33-9-3/h7,10-16,24,27,32H,8-9,17H2,1-6H3,(H,33,38)(H,34,37)(H,36,39)/b14-7-,18-16+,35-19+. The van der Waals surface area contributed by atoms with Crippen molar-refractivity contribution < 1.29 is 18.4 Å². The third kappa shape index (κ3) is 8.81. The number of amidine groups is 1. The van der Waals surface area contributed by atoms with E-state index in [0.717, 1.165) is 5.56 Å². The minimum absolute atomic E-state index is 0.1000. The number of hydrogen-bond donors (Lipinski definition) is 4. The molecular weight excluding hydrogens is 502 g/mol. The highest BCUT2D eigenvalue weighted by molar-refractivity contribution is 6.45. The van der Waals surface area contributed by atoms with Crippen LogP contribution >= 0.6 is 0 Å². The zero-order chi connectivity index (χ0) is 28.9. The van der Waals surface area contributed by atoms with Gasteiger partial charge in [0.25, 0.3) is 5.91 Å². The van der Waals surface area contributed by atoms with Crippen LogP contribution in [0.25, 0.3) is 0 Å². The highest BCUT2D eigenvalue weighted by Gasteiger charge is 2.28. The topological polar surface area (TPSA) is 107 Å². The summed E-state index contributed by atoms with van der Waals surface area (Å²) in [6.45, 7) is 9.38. The fourth-order valence-electron chi connectivity index (χ4n) is 3.77. The predicted octanol–water partition coefficient (Wildman–Crippen LogP) is 4.54. The Labute approximate surface area is 229 Å². The summed E-state index contributed by atoms with van der Waals surface area (Å²) in [4.78, 5) is 33.2. The van der Waals surface area contributed by atoms with Crippen LogP contribution in [0.1, 0.15) is 50.5 Å². The lowest BCUT2D eigenvalue weighted by molar-refractivity contribution is -0.120. The number of aliphatic imine (C=N–C) groups is 2. The molecule has 1 aromatic carbocycles. The maximum atomic E-state index is 14.6. The van der Waals surface area contributed by atoms with Gasteiger partial charge >= 0.3 is 0 Å². The average molecular weight is 541 g/mol. The summed E-state index contributed by atoms with van der Waals surface area (Å²) in [6, 6.07) is 4.56. The van der Waals surface area contributed by atoms with Crippen molar-refractivity contribution in [3.8, 4) is 0 Å². The van der Waals surface area contributed by atoms with Crippen LogP contribution < -0.4 is 21.3 Å². The quantitative estimate of drug-likeness (QED) is 0.244. The number of likely N-dealkylation sites (N-methyl/N-ethyl adjacent to an activating group) is 2. The highest BCUT2D eigenvalue weighted by atomic mass is 19.2. The van der Waals surface area contributed by atoms with Crippen LogP contribution in [0.5, 0.6) is 0 Å². The molecule has 1 aliphatic carbocycles. The first-order valence-corrected chi connectivity index (χ1v) is 12.9. The molecule has 0 spiro atoms. The van der Waals surface area contributed by atoms with Crippen molar-refractivity contribution in [2.24, 2.45) is 9.98 Å². The summed E-state index contributed by atoms with van der Waals surface area (Å²) in [5.74, 6) is -0.974. The monoisotopic (exact) mass is 540 g/mol. The van der Waals surface area contributed by atoms with Crippen LogP contribution in [-0.2, 0) is 11.2 Å². The number of hydrogen-bond acceptors (Lipinski definition) is 5. The van der Waals surface area contributed by atoms with Crippen molar-refractivity contribution in [3.05, 3.63) is 76.9 Å². The number of halogens is 2. The second-order valence-corrected chi connectivity index (χ2v) is 8.81. The molecular formula is C29H38F2N6O2. The number of nitrogens with zero attached hydrogens (tertiary/aromatic N) is 2. The third-order valence-corrected chi connectivity index (χ3v) is 5.97. The highest BCUT2D eigenvalue weighted by Crippen LogP contribution is 2.28. The summed E-state index contributed by atoms with van der Waals surface area (Å²) in [6.07, 6.45) is 6.83. The number of aryl methyl sites for hydroxylation is 1. The first-order valence-electron chi connectivity index (χ1n) is 12.9. The molecule has 1 aliphatic rings. The zero-order valence-electron chi connectivity index (χ0n) is 23.4. The molecule has 2 atom stereocenters. The number of alkyl halides is 1. The molecule has 39 heavy (non-hydrogen) atoms. The number of carbonyl (C=O) groups excluding carboxylic acids is 2. The maximum Gasteiger partial charge on any atom is 0.251 e. The van der Waals surface area contributed by atoms with Gasteiger partial charge in [-0.3, -0.25) is 14.6 Å². The molecule has 0 fully saturated rings. The first-order chi connectivity index (χ1) is 18.7.